The number of fused-ring (bicyclic) bond motifs is 1. The number of nitrogens with one attached hydrogen (secondary N) is 1. The van der Waals surface area contributed by atoms with Crippen LogP contribution in [0.4, 0.5) is 5.82 Å². The third-order valence-corrected chi connectivity index (χ3v) is 1.21. The largest absolute Gasteiger partial charge is 0.459 e. The Balaban J connectivity index is 2.47. The van der Waals surface area contributed by atoms with Crippen LogP contribution >= 0.6 is 0 Å². The van der Waals surface area contributed by atoms with E-state index in [0.717, 1.165) is 5.75 Å². The lowest BCUT2D eigenvalue weighted by molar-refractivity contribution is 0.471. The minimum absolute atomic E-state index is 0.713. The summed E-state index contributed by atoms with van der Waals surface area (Å²) in [4.78, 5) is 4.00. The van der Waals surface area contributed by atoms with Gasteiger partial charge in [-0.1, -0.05) is 0 Å². The van der Waals surface area contributed by atoms with Gasteiger partial charge in [-0.05, 0) is 12.1 Å². The summed E-state index contributed by atoms with van der Waals surface area (Å²) < 4.78 is 5.06. The molecule has 0 aliphatic carbocycles. The number of anilines is 1. The molecule has 0 saturated heterocycles. The lowest BCUT2D eigenvalue weighted by atomic mass is 10.4. The van der Waals surface area contributed by atoms with E-state index in [2.05, 4.69) is 16.5 Å². The molecule has 1 radical (unpaired) electrons. The Bertz CT molecular complexity index is 243. The number of rotatable bonds is 0. The Hall–Kier alpha value is -1.51. The second kappa shape index (κ2) is 2.02. The van der Waals surface area contributed by atoms with Gasteiger partial charge in [0.1, 0.15) is 12.5 Å². The Morgan fingerprint density at radius 1 is 1.60 bits per heavy atom. The van der Waals surface area contributed by atoms with Crippen molar-refractivity contribution in [1.82, 2.24) is 4.98 Å². The third kappa shape index (κ3) is 0.719. The van der Waals surface area contributed by atoms with Crippen LogP contribution in [0.1, 0.15) is 0 Å². The van der Waals surface area contributed by atoms with Crippen LogP contribution in [0.25, 0.3) is 0 Å². The van der Waals surface area contributed by atoms with Crippen LogP contribution in [-0.2, 0) is 0 Å². The van der Waals surface area contributed by atoms with Gasteiger partial charge in [-0.2, -0.15) is 0 Å². The normalized spacial score (nSPS) is 13.2. The van der Waals surface area contributed by atoms with E-state index in [1.54, 1.807) is 6.20 Å². The van der Waals surface area contributed by atoms with Crippen LogP contribution in [0.5, 0.6) is 5.75 Å². The Morgan fingerprint density at radius 2 is 2.60 bits per heavy atom. The molecule has 0 fully saturated rings. The molecule has 0 unspecified atom stereocenters. The average Bonchev–Trinajstić information content (AvgIpc) is 2.05. The molecule has 0 spiro atoms. The summed E-state index contributed by atoms with van der Waals surface area (Å²) in [6.07, 6.45) is 5.84. The van der Waals surface area contributed by atoms with Gasteiger partial charge in [0.15, 0.2) is 11.6 Å². The van der Waals surface area contributed by atoms with Gasteiger partial charge in [0.25, 0.3) is 0 Å². The Labute approximate surface area is 58.3 Å². The molecule has 3 nitrogen and oxygen atoms in total. The first-order chi connectivity index (χ1) is 4.97. The molecule has 2 heterocycles. The topological polar surface area (TPSA) is 34.1 Å². The molecule has 1 aliphatic rings. The van der Waals surface area contributed by atoms with E-state index in [4.69, 9.17) is 4.74 Å². The summed E-state index contributed by atoms with van der Waals surface area (Å²) in [5, 5.41) is 2.82. The first-order valence-electron chi connectivity index (χ1n) is 2.92. The summed E-state index contributed by atoms with van der Waals surface area (Å²) in [6, 6.07) is 3.66. The van der Waals surface area contributed by atoms with Crippen molar-refractivity contribution in [2.45, 2.75) is 0 Å². The van der Waals surface area contributed by atoms with Crippen LogP contribution in [-0.4, -0.2) is 4.98 Å². The van der Waals surface area contributed by atoms with Crippen molar-refractivity contribution in [3.8, 4) is 5.75 Å². The molecule has 1 aromatic heterocycles. The van der Waals surface area contributed by atoms with E-state index in [1.807, 2.05) is 12.1 Å². The second-order valence-corrected chi connectivity index (χ2v) is 1.86. The number of pyridine rings is 1. The van der Waals surface area contributed by atoms with E-state index in [0.29, 0.717) is 5.82 Å². The highest BCUT2D eigenvalue weighted by Crippen LogP contribution is 2.22. The quantitative estimate of drug-likeness (QED) is 0.576. The molecule has 0 atom stereocenters. The summed E-state index contributed by atoms with van der Waals surface area (Å²) in [6.45, 7) is 0. The molecule has 1 N–H and O–H groups in total. The van der Waals surface area contributed by atoms with Crippen molar-refractivity contribution < 1.29 is 4.74 Å². The van der Waals surface area contributed by atoms with Crippen molar-refractivity contribution in [2.75, 3.05) is 5.32 Å². The number of nitrogens with zero attached hydrogens (tertiary/aromatic N) is 1. The van der Waals surface area contributed by atoms with Gasteiger partial charge in [0.05, 0.1) is 0 Å². The van der Waals surface area contributed by atoms with E-state index in [-0.39, 0.29) is 0 Å². The van der Waals surface area contributed by atoms with Gasteiger partial charge in [0.2, 0.25) is 0 Å². The number of hydrogen-bond donors (Lipinski definition) is 1. The fourth-order valence-electron chi connectivity index (χ4n) is 0.770. The summed E-state index contributed by atoms with van der Waals surface area (Å²) in [7, 11) is 0. The molecule has 0 aromatic carbocycles. The monoisotopic (exact) mass is 133 g/mol. The molecule has 1 aliphatic heterocycles. The predicted molar refractivity (Wildman–Crippen MR) is 36.3 cm³/mol. The van der Waals surface area contributed by atoms with Gasteiger partial charge in [0, 0.05) is 6.20 Å². The zero-order valence-electron chi connectivity index (χ0n) is 5.16. The van der Waals surface area contributed by atoms with Gasteiger partial charge in [-0.15, -0.1) is 0 Å². The van der Waals surface area contributed by atoms with Crippen LogP contribution in [0.15, 0.2) is 24.6 Å². The van der Waals surface area contributed by atoms with Crippen LogP contribution < -0.4 is 10.1 Å². The van der Waals surface area contributed by atoms with Gasteiger partial charge in [-0.25, -0.2) is 4.98 Å². The smallest absolute Gasteiger partial charge is 0.173 e. The van der Waals surface area contributed by atoms with Crippen molar-refractivity contribution in [1.29, 1.82) is 0 Å². The molecule has 2 rings (SSSR count). The van der Waals surface area contributed by atoms with Crippen molar-refractivity contribution >= 4 is 5.82 Å². The average molecular weight is 133 g/mol. The fourth-order valence-corrected chi connectivity index (χ4v) is 0.770. The first kappa shape index (κ1) is 5.29. The summed E-state index contributed by atoms with van der Waals surface area (Å²) >= 11 is 0. The predicted octanol–water partition coefficient (Wildman–Crippen LogP) is 1.16. The van der Waals surface area contributed by atoms with E-state index < -0.39 is 0 Å². The molecule has 0 bridgehead atoms. The lowest BCUT2D eigenvalue weighted by Crippen LogP contribution is -2.01. The number of hydrogen-bond acceptors (Lipinski definition) is 3. The molecule has 0 amide bonds. The maximum atomic E-state index is 5.06. The minimum Gasteiger partial charge on any atom is -0.459 e. The maximum absolute atomic E-state index is 5.06. The van der Waals surface area contributed by atoms with Gasteiger partial charge in [-0.3, -0.25) is 0 Å². The molecular formula is C7H5N2O. The highest BCUT2D eigenvalue weighted by molar-refractivity contribution is 5.52. The zero-order chi connectivity index (χ0) is 6.81. The molecule has 1 aromatic rings. The van der Waals surface area contributed by atoms with E-state index in [1.165, 1.54) is 6.26 Å². The van der Waals surface area contributed by atoms with E-state index >= 15 is 0 Å². The Morgan fingerprint density at radius 3 is 3.50 bits per heavy atom. The second-order valence-electron chi connectivity index (χ2n) is 1.86. The summed E-state index contributed by atoms with van der Waals surface area (Å²) in [5.74, 6) is 1.45. The number of aromatic nitrogens is 1. The molecule has 10 heavy (non-hydrogen) atoms. The van der Waals surface area contributed by atoms with Crippen LogP contribution in [0.2, 0.25) is 0 Å². The zero-order valence-corrected chi connectivity index (χ0v) is 5.16. The van der Waals surface area contributed by atoms with Crippen LogP contribution in [0.3, 0.4) is 0 Å². The lowest BCUT2D eigenvalue weighted by Gasteiger charge is -2.09. The Kier molecular flexibility index (Phi) is 1.07. The van der Waals surface area contributed by atoms with Crippen LogP contribution in [0, 0.1) is 6.20 Å². The SMILES string of the molecule is [C]1=COc2cccnc2N1. The fraction of sp³-hybridized carbons (Fsp3) is 0. The first-order valence-corrected chi connectivity index (χ1v) is 2.92. The maximum Gasteiger partial charge on any atom is 0.173 e. The summed E-state index contributed by atoms with van der Waals surface area (Å²) in [5.41, 5.74) is 0. The highest BCUT2D eigenvalue weighted by atomic mass is 16.5. The minimum atomic E-state index is 0.713. The molecular weight excluding hydrogens is 128 g/mol. The molecule has 49 valence electrons. The van der Waals surface area contributed by atoms with Crippen molar-refractivity contribution in [3.63, 3.8) is 0 Å². The van der Waals surface area contributed by atoms with Gasteiger partial charge < -0.3 is 10.1 Å². The van der Waals surface area contributed by atoms with E-state index in [9.17, 15) is 0 Å². The van der Waals surface area contributed by atoms with Crippen molar-refractivity contribution in [3.05, 3.63) is 30.8 Å². The van der Waals surface area contributed by atoms with Crippen molar-refractivity contribution in [2.24, 2.45) is 0 Å². The number of ether oxygens (including phenoxy) is 1. The molecule has 3 heteroatoms. The molecule has 0 saturated carbocycles. The highest BCUT2D eigenvalue weighted by Gasteiger charge is 2.04. The standard InChI is InChI=1S/C7H5N2O/c1-2-6-7(8-3-1)9-4-5-10-6/h1-3,5H,(H,8,9). The third-order valence-electron chi connectivity index (χ3n) is 1.21. The van der Waals surface area contributed by atoms with Gasteiger partial charge >= 0.3 is 0 Å².